The molecule has 1 N–H and O–H groups in total. The fourth-order valence-corrected chi connectivity index (χ4v) is 2.54. The van der Waals surface area contributed by atoms with Crippen molar-refractivity contribution in [3.8, 4) is 0 Å². The van der Waals surface area contributed by atoms with Crippen LogP contribution in [0.5, 0.6) is 0 Å². The van der Waals surface area contributed by atoms with Crippen LogP contribution in [0.2, 0.25) is 0 Å². The molecule has 3 heteroatoms. The molecule has 0 saturated carbocycles. The van der Waals surface area contributed by atoms with Gasteiger partial charge in [0.2, 0.25) is 5.91 Å². The Morgan fingerprint density at radius 1 is 1.44 bits per heavy atom. The van der Waals surface area contributed by atoms with Crippen molar-refractivity contribution in [2.45, 2.75) is 26.7 Å². The summed E-state index contributed by atoms with van der Waals surface area (Å²) in [5.41, 5.74) is 2.03. The summed E-state index contributed by atoms with van der Waals surface area (Å²) < 4.78 is 0. The molecule has 0 aromatic heterocycles. The number of likely N-dealkylation sites (tertiary alicyclic amines) is 1. The fraction of sp³-hybridized carbons (Fsp3) is 0.533. The van der Waals surface area contributed by atoms with Crippen LogP contribution in [-0.4, -0.2) is 30.4 Å². The number of nitrogens with zero attached hydrogens (tertiary/aromatic N) is 1. The van der Waals surface area contributed by atoms with E-state index in [0.717, 1.165) is 24.3 Å². The smallest absolute Gasteiger partial charge is 0.238 e. The summed E-state index contributed by atoms with van der Waals surface area (Å²) in [6, 6.07) is 7.90. The highest BCUT2D eigenvalue weighted by atomic mass is 16.2. The lowest BCUT2D eigenvalue weighted by atomic mass is 10.0. The number of rotatable bonds is 3. The molecule has 2 rings (SSSR count). The SMILES string of the molecule is Cc1ccccc1NC(=O)CN1CCC[C@@H](C)C1. The van der Waals surface area contributed by atoms with Crippen molar-refractivity contribution in [1.29, 1.82) is 0 Å². The number of hydrogen-bond donors (Lipinski definition) is 1. The first-order chi connectivity index (χ1) is 8.65. The molecule has 1 aliphatic rings. The van der Waals surface area contributed by atoms with E-state index in [4.69, 9.17) is 0 Å². The Hall–Kier alpha value is -1.35. The molecule has 0 aliphatic carbocycles. The van der Waals surface area contributed by atoms with Crippen molar-refractivity contribution < 1.29 is 4.79 Å². The Labute approximate surface area is 109 Å². The number of anilines is 1. The van der Waals surface area contributed by atoms with Gasteiger partial charge in [0.15, 0.2) is 0 Å². The van der Waals surface area contributed by atoms with Crippen LogP contribution in [0.4, 0.5) is 5.69 Å². The average molecular weight is 246 g/mol. The minimum atomic E-state index is 0.0957. The molecule has 1 aromatic rings. The molecule has 1 heterocycles. The predicted molar refractivity (Wildman–Crippen MR) is 74.6 cm³/mol. The van der Waals surface area contributed by atoms with Crippen molar-refractivity contribution in [3.63, 3.8) is 0 Å². The van der Waals surface area contributed by atoms with Gasteiger partial charge >= 0.3 is 0 Å². The topological polar surface area (TPSA) is 32.3 Å². The van der Waals surface area contributed by atoms with Gasteiger partial charge in [-0.25, -0.2) is 0 Å². The van der Waals surface area contributed by atoms with Gasteiger partial charge in [0.1, 0.15) is 0 Å². The predicted octanol–water partition coefficient (Wildman–Crippen LogP) is 2.67. The molecule has 1 saturated heterocycles. The quantitative estimate of drug-likeness (QED) is 0.889. The lowest BCUT2D eigenvalue weighted by Crippen LogP contribution is -2.39. The first kappa shape index (κ1) is 13.1. The molecule has 3 nitrogen and oxygen atoms in total. The van der Waals surface area contributed by atoms with Crippen LogP contribution in [0.25, 0.3) is 0 Å². The standard InChI is InChI=1S/C15H22N2O/c1-12-6-5-9-17(10-12)11-15(18)16-14-8-4-3-7-13(14)2/h3-4,7-8,12H,5-6,9-11H2,1-2H3,(H,16,18)/t12-/m1/s1. The van der Waals surface area contributed by atoms with Gasteiger partial charge in [-0.15, -0.1) is 0 Å². The second-order valence-electron chi connectivity index (χ2n) is 5.35. The van der Waals surface area contributed by atoms with E-state index in [1.807, 2.05) is 31.2 Å². The zero-order valence-electron chi connectivity index (χ0n) is 11.3. The Balaban J connectivity index is 1.87. The summed E-state index contributed by atoms with van der Waals surface area (Å²) in [7, 11) is 0. The third kappa shape index (κ3) is 3.57. The Morgan fingerprint density at radius 3 is 2.94 bits per heavy atom. The van der Waals surface area contributed by atoms with Crippen molar-refractivity contribution >= 4 is 11.6 Å². The van der Waals surface area contributed by atoms with Crippen molar-refractivity contribution in [2.24, 2.45) is 5.92 Å². The molecule has 98 valence electrons. The van der Waals surface area contributed by atoms with Crippen molar-refractivity contribution in [1.82, 2.24) is 4.90 Å². The van der Waals surface area contributed by atoms with E-state index in [9.17, 15) is 4.79 Å². The Bertz CT molecular complexity index is 417. The normalized spacial score (nSPS) is 20.7. The van der Waals surface area contributed by atoms with Crippen LogP contribution in [0.15, 0.2) is 24.3 Å². The highest BCUT2D eigenvalue weighted by Gasteiger charge is 2.18. The zero-order valence-corrected chi connectivity index (χ0v) is 11.3. The largest absolute Gasteiger partial charge is 0.325 e. The third-order valence-corrected chi connectivity index (χ3v) is 3.53. The van der Waals surface area contributed by atoms with Gasteiger partial charge in [0, 0.05) is 12.2 Å². The summed E-state index contributed by atoms with van der Waals surface area (Å²) in [6.45, 7) is 6.87. The lowest BCUT2D eigenvalue weighted by Gasteiger charge is -2.30. The van der Waals surface area contributed by atoms with Gasteiger partial charge in [0.05, 0.1) is 6.54 Å². The maximum Gasteiger partial charge on any atom is 0.238 e. The molecule has 1 atom stereocenters. The number of nitrogens with one attached hydrogen (secondary N) is 1. The monoisotopic (exact) mass is 246 g/mol. The summed E-state index contributed by atoms with van der Waals surface area (Å²) in [5.74, 6) is 0.809. The van der Waals surface area contributed by atoms with Crippen LogP contribution in [0.1, 0.15) is 25.3 Å². The van der Waals surface area contributed by atoms with Gasteiger partial charge in [-0.2, -0.15) is 0 Å². The maximum absolute atomic E-state index is 12.0. The molecular weight excluding hydrogens is 224 g/mol. The molecule has 0 bridgehead atoms. The maximum atomic E-state index is 12.0. The number of hydrogen-bond acceptors (Lipinski definition) is 2. The molecule has 0 unspecified atom stereocenters. The number of benzene rings is 1. The first-order valence-corrected chi connectivity index (χ1v) is 6.73. The second kappa shape index (κ2) is 6.01. The van der Waals surface area contributed by atoms with Gasteiger partial charge in [-0.3, -0.25) is 9.69 Å². The minimum Gasteiger partial charge on any atom is -0.325 e. The Kier molecular flexibility index (Phi) is 4.37. The average Bonchev–Trinajstić information content (AvgIpc) is 2.32. The van der Waals surface area contributed by atoms with Crippen LogP contribution < -0.4 is 5.32 Å². The molecule has 1 amide bonds. The summed E-state index contributed by atoms with van der Waals surface area (Å²) in [5, 5.41) is 2.99. The van der Waals surface area contributed by atoms with Gasteiger partial charge in [0.25, 0.3) is 0 Å². The van der Waals surface area contributed by atoms with Crippen LogP contribution in [0, 0.1) is 12.8 Å². The van der Waals surface area contributed by atoms with Crippen molar-refractivity contribution in [3.05, 3.63) is 29.8 Å². The van der Waals surface area contributed by atoms with Crippen LogP contribution in [0.3, 0.4) is 0 Å². The minimum absolute atomic E-state index is 0.0957. The summed E-state index contributed by atoms with van der Waals surface area (Å²) in [6.07, 6.45) is 2.49. The number of piperidine rings is 1. The van der Waals surface area contributed by atoms with E-state index in [-0.39, 0.29) is 5.91 Å². The molecule has 0 radical (unpaired) electrons. The van der Waals surface area contributed by atoms with Gasteiger partial charge in [-0.1, -0.05) is 25.1 Å². The highest BCUT2D eigenvalue weighted by Crippen LogP contribution is 2.16. The lowest BCUT2D eigenvalue weighted by molar-refractivity contribution is -0.117. The summed E-state index contributed by atoms with van der Waals surface area (Å²) in [4.78, 5) is 14.2. The summed E-state index contributed by atoms with van der Waals surface area (Å²) >= 11 is 0. The molecule has 18 heavy (non-hydrogen) atoms. The van der Waals surface area contributed by atoms with Crippen LogP contribution in [-0.2, 0) is 4.79 Å². The molecule has 1 aromatic carbocycles. The third-order valence-electron chi connectivity index (χ3n) is 3.53. The van der Waals surface area contributed by atoms with Gasteiger partial charge < -0.3 is 5.32 Å². The number of carbonyl (C=O) groups is 1. The molecule has 0 spiro atoms. The second-order valence-corrected chi connectivity index (χ2v) is 5.35. The van der Waals surface area contributed by atoms with E-state index < -0.39 is 0 Å². The van der Waals surface area contributed by atoms with E-state index in [2.05, 4.69) is 17.1 Å². The van der Waals surface area contributed by atoms with Gasteiger partial charge in [-0.05, 0) is 43.9 Å². The molecular formula is C15H22N2O. The fourth-order valence-electron chi connectivity index (χ4n) is 2.54. The van der Waals surface area contributed by atoms with E-state index in [1.165, 1.54) is 12.8 Å². The Morgan fingerprint density at radius 2 is 2.22 bits per heavy atom. The highest BCUT2D eigenvalue weighted by molar-refractivity contribution is 5.92. The van der Waals surface area contributed by atoms with Crippen molar-refractivity contribution in [2.75, 3.05) is 25.0 Å². The van der Waals surface area contributed by atoms with E-state index in [1.54, 1.807) is 0 Å². The number of aryl methyl sites for hydroxylation is 1. The number of amides is 1. The number of para-hydroxylation sites is 1. The first-order valence-electron chi connectivity index (χ1n) is 6.73. The molecule has 1 fully saturated rings. The molecule has 1 aliphatic heterocycles. The number of carbonyl (C=O) groups excluding carboxylic acids is 1. The van der Waals surface area contributed by atoms with E-state index in [0.29, 0.717) is 12.5 Å². The zero-order chi connectivity index (χ0) is 13.0. The van der Waals surface area contributed by atoms with Crippen LogP contribution >= 0.6 is 0 Å². The van der Waals surface area contributed by atoms with E-state index >= 15 is 0 Å².